The summed E-state index contributed by atoms with van der Waals surface area (Å²) in [5.74, 6) is 2.22. The summed E-state index contributed by atoms with van der Waals surface area (Å²) in [5.41, 5.74) is 3.68. The van der Waals surface area contributed by atoms with Gasteiger partial charge in [-0.05, 0) is 17.5 Å². The number of aromatic nitrogens is 6. The van der Waals surface area contributed by atoms with Gasteiger partial charge < -0.3 is 0 Å². The molecule has 0 unspecified atom stereocenters. The normalized spacial score (nSPS) is 13.1. The van der Waals surface area contributed by atoms with Crippen LogP contribution in [0.15, 0.2) is 61.3 Å². The lowest BCUT2D eigenvalue weighted by molar-refractivity contribution is -0.117. The van der Waals surface area contributed by atoms with E-state index in [1.165, 1.54) is 5.56 Å². The molecule has 0 fully saturated rings. The Labute approximate surface area is 179 Å². The maximum Gasteiger partial charge on any atom is 0.233 e. The zero-order valence-electron chi connectivity index (χ0n) is 17.3. The van der Waals surface area contributed by atoms with Gasteiger partial charge in [0.05, 0.1) is 31.1 Å². The third-order valence-electron chi connectivity index (χ3n) is 5.31. The van der Waals surface area contributed by atoms with Gasteiger partial charge in [0, 0.05) is 29.7 Å². The van der Waals surface area contributed by atoms with Crippen LogP contribution in [-0.2, 0) is 17.8 Å². The fourth-order valence-electron chi connectivity index (χ4n) is 3.74. The van der Waals surface area contributed by atoms with Crippen LogP contribution in [0, 0.1) is 0 Å². The van der Waals surface area contributed by atoms with Crippen molar-refractivity contribution in [2.45, 2.75) is 32.7 Å². The van der Waals surface area contributed by atoms with Gasteiger partial charge in [0.15, 0.2) is 11.6 Å². The number of nitrogens with zero attached hydrogens (tertiary/aromatic N) is 7. The van der Waals surface area contributed by atoms with Gasteiger partial charge in [0.2, 0.25) is 5.91 Å². The van der Waals surface area contributed by atoms with E-state index in [9.17, 15) is 4.79 Å². The van der Waals surface area contributed by atoms with Crippen molar-refractivity contribution in [3.05, 3.63) is 78.1 Å². The van der Waals surface area contributed by atoms with E-state index in [0.717, 1.165) is 11.1 Å². The SMILES string of the molecule is CC(C)c1ccccc1-c1ncc2c(n1)N(Cc1cnc(-n3cccn3)cn1)C(=O)C2. The van der Waals surface area contributed by atoms with E-state index < -0.39 is 0 Å². The predicted molar refractivity (Wildman–Crippen MR) is 116 cm³/mol. The van der Waals surface area contributed by atoms with Gasteiger partial charge in [-0.1, -0.05) is 38.1 Å². The molecule has 0 saturated heterocycles. The molecule has 8 nitrogen and oxygen atoms in total. The lowest BCUT2D eigenvalue weighted by Crippen LogP contribution is -2.27. The summed E-state index contributed by atoms with van der Waals surface area (Å²) in [6.07, 6.45) is 8.85. The third-order valence-corrected chi connectivity index (χ3v) is 5.31. The first-order valence-corrected chi connectivity index (χ1v) is 10.2. The van der Waals surface area contributed by atoms with Crippen LogP contribution in [-0.4, -0.2) is 35.6 Å². The molecular weight excluding hydrogens is 390 g/mol. The number of anilines is 1. The maximum absolute atomic E-state index is 12.7. The molecule has 0 spiro atoms. The highest BCUT2D eigenvalue weighted by Gasteiger charge is 2.30. The van der Waals surface area contributed by atoms with E-state index in [2.05, 4.69) is 40.0 Å². The minimum absolute atomic E-state index is 0.0171. The number of hydrogen-bond acceptors (Lipinski definition) is 6. The molecule has 0 bridgehead atoms. The first-order valence-electron chi connectivity index (χ1n) is 10.2. The van der Waals surface area contributed by atoms with Crippen LogP contribution in [0.4, 0.5) is 5.82 Å². The summed E-state index contributed by atoms with van der Waals surface area (Å²) >= 11 is 0. The minimum atomic E-state index is -0.0171. The van der Waals surface area contributed by atoms with E-state index in [-0.39, 0.29) is 5.91 Å². The molecule has 0 saturated carbocycles. The fraction of sp³-hybridized carbons (Fsp3) is 0.217. The fourth-order valence-corrected chi connectivity index (χ4v) is 3.74. The average Bonchev–Trinajstić information content (AvgIpc) is 3.43. The molecule has 0 aliphatic carbocycles. The Balaban J connectivity index is 1.45. The summed E-state index contributed by atoms with van der Waals surface area (Å²) in [4.78, 5) is 32.6. The quantitative estimate of drug-likeness (QED) is 0.500. The van der Waals surface area contributed by atoms with Crippen LogP contribution < -0.4 is 4.90 Å². The average molecular weight is 411 g/mol. The molecule has 1 aliphatic rings. The molecule has 1 aliphatic heterocycles. The van der Waals surface area contributed by atoms with Crippen molar-refractivity contribution in [2.24, 2.45) is 0 Å². The smallest absolute Gasteiger partial charge is 0.233 e. The molecule has 0 atom stereocenters. The number of carbonyl (C=O) groups is 1. The Morgan fingerprint density at radius 3 is 2.65 bits per heavy atom. The molecule has 1 aromatic carbocycles. The summed E-state index contributed by atoms with van der Waals surface area (Å²) in [6, 6.07) is 9.95. The molecule has 154 valence electrons. The van der Waals surface area contributed by atoms with E-state index in [4.69, 9.17) is 4.98 Å². The first kappa shape index (κ1) is 19.0. The van der Waals surface area contributed by atoms with Crippen molar-refractivity contribution in [3.8, 4) is 17.2 Å². The molecule has 3 aromatic heterocycles. The van der Waals surface area contributed by atoms with E-state index in [1.807, 2.05) is 24.3 Å². The van der Waals surface area contributed by atoms with Crippen molar-refractivity contribution in [3.63, 3.8) is 0 Å². The maximum atomic E-state index is 12.7. The van der Waals surface area contributed by atoms with Crippen LogP contribution in [0.5, 0.6) is 0 Å². The molecular formula is C23H21N7O. The zero-order chi connectivity index (χ0) is 21.4. The largest absolute Gasteiger partial charge is 0.290 e. The summed E-state index contributed by atoms with van der Waals surface area (Å²) in [6.45, 7) is 4.60. The van der Waals surface area contributed by atoms with Gasteiger partial charge in [0.25, 0.3) is 0 Å². The van der Waals surface area contributed by atoms with E-state index >= 15 is 0 Å². The molecule has 4 heterocycles. The second kappa shape index (κ2) is 7.71. The molecule has 0 radical (unpaired) electrons. The van der Waals surface area contributed by atoms with Crippen molar-refractivity contribution in [1.29, 1.82) is 0 Å². The summed E-state index contributed by atoms with van der Waals surface area (Å²) in [5, 5.41) is 4.15. The summed E-state index contributed by atoms with van der Waals surface area (Å²) in [7, 11) is 0. The van der Waals surface area contributed by atoms with Gasteiger partial charge in [-0.2, -0.15) is 5.10 Å². The highest BCUT2D eigenvalue weighted by atomic mass is 16.2. The predicted octanol–water partition coefficient (Wildman–Crippen LogP) is 3.33. The standard InChI is InChI=1S/C23H21N7O/c1-15(2)18-6-3-4-7-19(18)22-26-11-16-10-21(31)29(23(16)28-22)14-17-12-25-20(13-24-17)30-9-5-8-27-30/h3-9,11-13,15H,10,14H2,1-2H3. The van der Waals surface area contributed by atoms with Crippen LogP contribution in [0.25, 0.3) is 17.2 Å². The summed E-state index contributed by atoms with van der Waals surface area (Å²) < 4.78 is 1.64. The Morgan fingerprint density at radius 2 is 1.90 bits per heavy atom. The van der Waals surface area contributed by atoms with Crippen LogP contribution in [0.2, 0.25) is 0 Å². The van der Waals surface area contributed by atoms with Gasteiger partial charge in [0.1, 0.15) is 5.82 Å². The number of benzene rings is 1. The van der Waals surface area contributed by atoms with Gasteiger partial charge in [-0.25, -0.2) is 19.6 Å². The molecule has 1 amide bonds. The minimum Gasteiger partial charge on any atom is -0.290 e. The lowest BCUT2D eigenvalue weighted by atomic mass is 9.97. The number of rotatable bonds is 5. The molecule has 0 N–H and O–H groups in total. The molecule has 5 rings (SSSR count). The topological polar surface area (TPSA) is 89.7 Å². The van der Waals surface area contributed by atoms with Gasteiger partial charge in [-0.15, -0.1) is 0 Å². The van der Waals surface area contributed by atoms with Gasteiger partial charge >= 0.3 is 0 Å². The highest BCUT2D eigenvalue weighted by Crippen LogP contribution is 2.32. The Kier molecular flexibility index (Phi) is 4.74. The lowest BCUT2D eigenvalue weighted by Gasteiger charge is -2.17. The van der Waals surface area contributed by atoms with Gasteiger partial charge in [-0.3, -0.25) is 14.7 Å². The Bertz CT molecular complexity index is 1230. The number of amides is 1. The molecule has 4 aromatic rings. The van der Waals surface area contributed by atoms with Crippen molar-refractivity contribution in [1.82, 2.24) is 29.7 Å². The third kappa shape index (κ3) is 3.56. The second-order valence-corrected chi connectivity index (χ2v) is 7.76. The van der Waals surface area contributed by atoms with Crippen molar-refractivity contribution in [2.75, 3.05) is 4.90 Å². The molecule has 31 heavy (non-hydrogen) atoms. The monoisotopic (exact) mass is 411 g/mol. The number of carbonyl (C=O) groups excluding carboxylic acids is 1. The zero-order valence-corrected chi connectivity index (χ0v) is 17.3. The number of hydrogen-bond donors (Lipinski definition) is 0. The van der Waals surface area contributed by atoms with Crippen molar-refractivity contribution < 1.29 is 4.79 Å². The van der Waals surface area contributed by atoms with Crippen LogP contribution in [0.1, 0.15) is 36.6 Å². The molecule has 8 heteroatoms. The van der Waals surface area contributed by atoms with Crippen LogP contribution >= 0.6 is 0 Å². The number of fused-ring (bicyclic) bond motifs is 1. The van der Waals surface area contributed by atoms with Crippen LogP contribution in [0.3, 0.4) is 0 Å². The Hall–Kier alpha value is -3.94. The van der Waals surface area contributed by atoms with Crippen molar-refractivity contribution >= 4 is 11.7 Å². The second-order valence-electron chi connectivity index (χ2n) is 7.76. The highest BCUT2D eigenvalue weighted by molar-refractivity contribution is 6.00. The van der Waals surface area contributed by atoms with E-state index in [1.54, 1.807) is 40.6 Å². The first-order chi connectivity index (χ1) is 15.1. The van der Waals surface area contributed by atoms with E-state index in [0.29, 0.717) is 42.0 Å². The Morgan fingerprint density at radius 1 is 1.03 bits per heavy atom.